The van der Waals surface area contributed by atoms with E-state index in [1.54, 1.807) is 12.7 Å². The van der Waals surface area contributed by atoms with Gasteiger partial charge in [-0.1, -0.05) is 6.92 Å². The first-order chi connectivity index (χ1) is 4.93. The average molecular weight is 140 g/mol. The molecule has 0 unspecified atom stereocenters. The number of aromatic nitrogens is 3. The van der Waals surface area contributed by atoms with Crippen LogP contribution >= 0.6 is 0 Å². The molecule has 0 aliphatic rings. The molecule has 1 aromatic heterocycles. The van der Waals surface area contributed by atoms with E-state index >= 15 is 0 Å². The topological polar surface area (TPSA) is 42.7 Å². The lowest BCUT2D eigenvalue weighted by Gasteiger charge is -1.99. The molecule has 0 aliphatic heterocycles. The summed E-state index contributed by atoms with van der Waals surface area (Å²) in [7, 11) is 0. The van der Waals surface area contributed by atoms with Crippen molar-refractivity contribution in [3.05, 3.63) is 12.7 Å². The zero-order valence-electron chi connectivity index (χ0n) is 6.12. The number of hydrogen-bond donors (Lipinski definition) is 1. The molecule has 0 radical (unpaired) electrons. The van der Waals surface area contributed by atoms with Crippen molar-refractivity contribution in [2.24, 2.45) is 0 Å². The van der Waals surface area contributed by atoms with Crippen LogP contribution in [0, 0.1) is 0 Å². The third-order valence-electron chi connectivity index (χ3n) is 1.26. The zero-order chi connectivity index (χ0) is 7.23. The van der Waals surface area contributed by atoms with Crippen LogP contribution in [0.15, 0.2) is 12.7 Å². The van der Waals surface area contributed by atoms with Gasteiger partial charge in [-0.2, -0.15) is 0 Å². The Bertz CT molecular complexity index is 158. The van der Waals surface area contributed by atoms with Gasteiger partial charge < -0.3 is 9.88 Å². The molecule has 4 heteroatoms. The summed E-state index contributed by atoms with van der Waals surface area (Å²) in [4.78, 5) is 0. The van der Waals surface area contributed by atoms with Gasteiger partial charge >= 0.3 is 0 Å². The van der Waals surface area contributed by atoms with Crippen LogP contribution in [-0.4, -0.2) is 27.9 Å². The fourth-order valence-electron chi connectivity index (χ4n) is 0.723. The molecule has 0 bridgehead atoms. The Morgan fingerprint density at radius 2 is 2.10 bits per heavy atom. The summed E-state index contributed by atoms with van der Waals surface area (Å²) < 4.78 is 1.95. The van der Waals surface area contributed by atoms with Gasteiger partial charge in [0.1, 0.15) is 12.7 Å². The molecule has 4 nitrogen and oxygen atoms in total. The van der Waals surface area contributed by atoms with Crippen LogP contribution in [0.4, 0.5) is 0 Å². The molecule has 0 amide bonds. The Morgan fingerprint density at radius 3 is 2.70 bits per heavy atom. The van der Waals surface area contributed by atoms with E-state index < -0.39 is 0 Å². The first-order valence-corrected chi connectivity index (χ1v) is 3.46. The zero-order valence-corrected chi connectivity index (χ0v) is 6.12. The lowest BCUT2D eigenvalue weighted by atomic mass is 10.6. The third-order valence-corrected chi connectivity index (χ3v) is 1.26. The molecule has 1 N–H and O–H groups in total. The molecule has 0 fully saturated rings. The summed E-state index contributed by atoms with van der Waals surface area (Å²) in [6.07, 6.45) is 3.44. The predicted molar refractivity (Wildman–Crippen MR) is 38.6 cm³/mol. The highest BCUT2D eigenvalue weighted by Crippen LogP contribution is 1.78. The molecule has 56 valence electrons. The maximum atomic E-state index is 3.69. The van der Waals surface area contributed by atoms with Crippen LogP contribution in [0.3, 0.4) is 0 Å². The van der Waals surface area contributed by atoms with E-state index in [-0.39, 0.29) is 0 Å². The van der Waals surface area contributed by atoms with Crippen LogP contribution < -0.4 is 5.32 Å². The van der Waals surface area contributed by atoms with Gasteiger partial charge in [0.05, 0.1) is 0 Å². The van der Waals surface area contributed by atoms with Crippen molar-refractivity contribution in [3.63, 3.8) is 0 Å². The van der Waals surface area contributed by atoms with Gasteiger partial charge in [0.2, 0.25) is 0 Å². The van der Waals surface area contributed by atoms with Crippen molar-refractivity contribution < 1.29 is 0 Å². The van der Waals surface area contributed by atoms with Crippen molar-refractivity contribution in [2.45, 2.75) is 13.5 Å². The first kappa shape index (κ1) is 7.21. The molecule has 1 rings (SSSR count). The van der Waals surface area contributed by atoms with Crippen LogP contribution in [0.2, 0.25) is 0 Å². The fraction of sp³-hybridized carbons (Fsp3) is 0.667. The van der Waals surface area contributed by atoms with E-state index in [4.69, 9.17) is 0 Å². The lowest BCUT2D eigenvalue weighted by molar-refractivity contribution is 0.612. The molecule has 0 saturated heterocycles. The van der Waals surface area contributed by atoms with E-state index in [9.17, 15) is 0 Å². The standard InChI is InChI=1S/C6H12N4/c1-2-7-3-4-10-5-8-9-6-10/h5-7H,2-4H2,1H3. The second-order valence-corrected chi connectivity index (χ2v) is 2.05. The molecule has 0 aromatic carbocycles. The second kappa shape index (κ2) is 4.00. The first-order valence-electron chi connectivity index (χ1n) is 3.46. The molecule has 0 saturated carbocycles. The SMILES string of the molecule is CCNCCn1cnnc1. The normalized spacial score (nSPS) is 10.1. The number of likely N-dealkylation sites (N-methyl/N-ethyl adjacent to an activating group) is 1. The minimum Gasteiger partial charge on any atom is -0.319 e. The maximum Gasteiger partial charge on any atom is 0.119 e. The Labute approximate surface area is 60.3 Å². The maximum absolute atomic E-state index is 3.69. The highest BCUT2D eigenvalue weighted by Gasteiger charge is 1.87. The number of hydrogen-bond acceptors (Lipinski definition) is 3. The predicted octanol–water partition coefficient (Wildman–Crippen LogP) is -0.112. The van der Waals surface area contributed by atoms with Gasteiger partial charge in [0, 0.05) is 13.1 Å². The van der Waals surface area contributed by atoms with Crippen LogP contribution in [0.1, 0.15) is 6.92 Å². The van der Waals surface area contributed by atoms with Gasteiger partial charge in [-0.05, 0) is 6.54 Å². The molecule has 1 aromatic rings. The van der Waals surface area contributed by atoms with Crippen molar-refractivity contribution >= 4 is 0 Å². The van der Waals surface area contributed by atoms with Gasteiger partial charge in [-0.25, -0.2) is 0 Å². The fourth-order valence-corrected chi connectivity index (χ4v) is 0.723. The summed E-state index contributed by atoms with van der Waals surface area (Å²) in [5.41, 5.74) is 0. The van der Waals surface area contributed by atoms with E-state index in [1.807, 2.05) is 4.57 Å². The van der Waals surface area contributed by atoms with Gasteiger partial charge in [0.25, 0.3) is 0 Å². The van der Waals surface area contributed by atoms with Gasteiger partial charge in [0.15, 0.2) is 0 Å². The highest BCUT2D eigenvalue weighted by atomic mass is 15.2. The minimum absolute atomic E-state index is 0.945. The molecular weight excluding hydrogens is 128 g/mol. The van der Waals surface area contributed by atoms with Crippen LogP contribution in [0.25, 0.3) is 0 Å². The van der Waals surface area contributed by atoms with Crippen molar-refractivity contribution in [1.29, 1.82) is 0 Å². The van der Waals surface area contributed by atoms with E-state index in [0.29, 0.717) is 0 Å². The second-order valence-electron chi connectivity index (χ2n) is 2.05. The van der Waals surface area contributed by atoms with E-state index in [2.05, 4.69) is 22.4 Å². The molecule has 0 aliphatic carbocycles. The molecular formula is C6H12N4. The van der Waals surface area contributed by atoms with Crippen molar-refractivity contribution in [1.82, 2.24) is 20.1 Å². The van der Waals surface area contributed by atoms with E-state index in [0.717, 1.165) is 19.6 Å². The summed E-state index contributed by atoms with van der Waals surface area (Å²) in [6, 6.07) is 0. The Morgan fingerprint density at radius 1 is 1.40 bits per heavy atom. The van der Waals surface area contributed by atoms with Crippen LogP contribution in [-0.2, 0) is 6.54 Å². The Balaban J connectivity index is 2.15. The molecule has 0 spiro atoms. The highest BCUT2D eigenvalue weighted by molar-refractivity contribution is 4.60. The van der Waals surface area contributed by atoms with Crippen LogP contribution in [0.5, 0.6) is 0 Å². The van der Waals surface area contributed by atoms with Gasteiger partial charge in [-0.3, -0.25) is 0 Å². The summed E-state index contributed by atoms with van der Waals surface area (Å²) in [5, 5.41) is 10.6. The summed E-state index contributed by atoms with van der Waals surface area (Å²) in [6.45, 7) is 5.03. The van der Waals surface area contributed by atoms with Gasteiger partial charge in [-0.15, -0.1) is 10.2 Å². The largest absolute Gasteiger partial charge is 0.319 e. The van der Waals surface area contributed by atoms with Crippen molar-refractivity contribution in [2.75, 3.05) is 13.1 Å². The Kier molecular flexibility index (Phi) is 2.89. The average Bonchev–Trinajstić information content (AvgIpc) is 2.41. The molecule has 0 atom stereocenters. The quantitative estimate of drug-likeness (QED) is 0.593. The number of rotatable bonds is 4. The minimum atomic E-state index is 0.945. The molecule has 10 heavy (non-hydrogen) atoms. The van der Waals surface area contributed by atoms with E-state index in [1.165, 1.54) is 0 Å². The number of nitrogens with one attached hydrogen (secondary N) is 1. The summed E-state index contributed by atoms with van der Waals surface area (Å²) in [5.74, 6) is 0. The Hall–Kier alpha value is -0.900. The molecule has 1 heterocycles. The smallest absolute Gasteiger partial charge is 0.119 e. The number of nitrogens with zero attached hydrogens (tertiary/aromatic N) is 3. The van der Waals surface area contributed by atoms with Crippen molar-refractivity contribution in [3.8, 4) is 0 Å². The summed E-state index contributed by atoms with van der Waals surface area (Å²) >= 11 is 0. The lowest BCUT2D eigenvalue weighted by Crippen LogP contribution is -2.18. The monoisotopic (exact) mass is 140 g/mol. The third kappa shape index (κ3) is 2.14.